The zero-order valence-corrected chi connectivity index (χ0v) is 18.4. The highest BCUT2D eigenvalue weighted by Crippen LogP contribution is 2.44. The summed E-state index contributed by atoms with van der Waals surface area (Å²) < 4.78 is 13.7. The molecule has 4 rings (SSSR count). The monoisotopic (exact) mass is 386 g/mol. The molecule has 0 aliphatic carbocycles. The van der Waals surface area contributed by atoms with Gasteiger partial charge in [-0.2, -0.15) is 0 Å². The first-order chi connectivity index (χ1) is 12.5. The molecule has 146 valence electrons. The minimum atomic E-state index is -0.329. The molecule has 1 unspecified atom stereocenters. The van der Waals surface area contributed by atoms with Crippen LogP contribution >= 0.6 is 11.3 Å². The molecule has 4 nitrogen and oxygen atoms in total. The van der Waals surface area contributed by atoms with Gasteiger partial charge in [0.25, 0.3) is 0 Å². The van der Waals surface area contributed by atoms with Gasteiger partial charge in [-0.05, 0) is 70.7 Å². The molecule has 0 amide bonds. The van der Waals surface area contributed by atoms with E-state index in [4.69, 9.17) is 14.3 Å². The van der Waals surface area contributed by atoms with E-state index in [9.17, 15) is 0 Å². The summed E-state index contributed by atoms with van der Waals surface area (Å²) in [4.78, 5) is 7.48. The number of piperidine rings is 1. The van der Waals surface area contributed by atoms with E-state index >= 15 is 0 Å². The van der Waals surface area contributed by atoms with Gasteiger partial charge in [0.15, 0.2) is 0 Å². The predicted molar refractivity (Wildman–Crippen MR) is 114 cm³/mol. The Morgan fingerprint density at radius 2 is 1.78 bits per heavy atom. The van der Waals surface area contributed by atoms with Crippen molar-refractivity contribution in [1.82, 2.24) is 9.88 Å². The van der Waals surface area contributed by atoms with Crippen molar-refractivity contribution in [3.63, 3.8) is 0 Å². The minimum Gasteiger partial charge on any atom is -0.399 e. The molecule has 2 fully saturated rings. The Balaban J connectivity index is 1.63. The molecule has 0 N–H and O–H groups in total. The largest absolute Gasteiger partial charge is 0.494 e. The molecule has 1 aromatic carbocycles. The van der Waals surface area contributed by atoms with E-state index in [1.165, 1.54) is 16.1 Å². The second-order valence-corrected chi connectivity index (χ2v) is 11.0. The van der Waals surface area contributed by atoms with E-state index in [-0.39, 0.29) is 23.7 Å². The van der Waals surface area contributed by atoms with Crippen molar-refractivity contribution in [3.05, 3.63) is 23.2 Å². The van der Waals surface area contributed by atoms with Crippen LogP contribution in [0.25, 0.3) is 10.2 Å². The fraction of sp³-hybridized carbons (Fsp3) is 0.667. The van der Waals surface area contributed by atoms with Crippen LogP contribution in [-0.4, -0.2) is 48.3 Å². The Kier molecular flexibility index (Phi) is 4.51. The maximum atomic E-state index is 6.21. The molecule has 6 heteroatoms. The van der Waals surface area contributed by atoms with Gasteiger partial charge >= 0.3 is 7.12 Å². The molecule has 2 aliphatic rings. The lowest BCUT2D eigenvalue weighted by atomic mass is 9.74. The van der Waals surface area contributed by atoms with Crippen LogP contribution in [-0.2, 0) is 9.31 Å². The number of hydrogen-bond acceptors (Lipinski definition) is 5. The minimum absolute atomic E-state index is 0.245. The molecule has 3 heterocycles. The molecule has 2 aromatic rings. The standard InChI is InChI=1S/C21H31BN2O2S/c1-19(2)13-24(7)11-10-15(19)18-23-16-12-14(8-9-17(16)27-18)22-25-20(3,4)21(5,6)26-22/h8-9,12,15H,10-11,13H2,1-7H3. The highest BCUT2D eigenvalue weighted by molar-refractivity contribution is 7.18. The van der Waals surface area contributed by atoms with Crippen molar-refractivity contribution in [1.29, 1.82) is 0 Å². The second-order valence-electron chi connectivity index (χ2n) is 9.94. The lowest BCUT2D eigenvalue weighted by Crippen LogP contribution is -2.42. The summed E-state index contributed by atoms with van der Waals surface area (Å²) in [5.41, 5.74) is 1.73. The van der Waals surface area contributed by atoms with Crippen molar-refractivity contribution >= 4 is 34.1 Å². The molecule has 2 saturated heterocycles. The smallest absolute Gasteiger partial charge is 0.399 e. The van der Waals surface area contributed by atoms with Crippen molar-refractivity contribution in [3.8, 4) is 0 Å². The van der Waals surface area contributed by atoms with Crippen molar-refractivity contribution in [2.24, 2.45) is 5.41 Å². The van der Waals surface area contributed by atoms with E-state index < -0.39 is 0 Å². The maximum absolute atomic E-state index is 6.21. The maximum Gasteiger partial charge on any atom is 0.494 e. The van der Waals surface area contributed by atoms with Gasteiger partial charge in [0, 0.05) is 12.5 Å². The zero-order valence-electron chi connectivity index (χ0n) is 17.6. The Morgan fingerprint density at radius 1 is 1.11 bits per heavy atom. The van der Waals surface area contributed by atoms with Crippen LogP contribution in [0.2, 0.25) is 0 Å². The van der Waals surface area contributed by atoms with Gasteiger partial charge in [-0.3, -0.25) is 0 Å². The number of thiazole rings is 1. The van der Waals surface area contributed by atoms with Crippen LogP contribution in [0.1, 0.15) is 58.9 Å². The number of likely N-dealkylation sites (tertiary alicyclic amines) is 1. The number of benzene rings is 1. The molecule has 0 bridgehead atoms. The molecule has 0 radical (unpaired) electrons. The average molecular weight is 386 g/mol. The van der Waals surface area contributed by atoms with E-state index in [0.29, 0.717) is 5.92 Å². The Hall–Kier alpha value is -0.945. The number of nitrogens with zero attached hydrogens (tertiary/aromatic N) is 2. The first-order valence-electron chi connectivity index (χ1n) is 9.93. The number of aromatic nitrogens is 1. The van der Waals surface area contributed by atoms with Crippen LogP contribution in [0.15, 0.2) is 18.2 Å². The summed E-state index contributed by atoms with van der Waals surface area (Å²) in [6.45, 7) is 15.4. The van der Waals surface area contributed by atoms with Gasteiger partial charge in [0.05, 0.1) is 26.4 Å². The summed E-state index contributed by atoms with van der Waals surface area (Å²) in [7, 11) is 1.89. The number of rotatable bonds is 2. The van der Waals surface area contributed by atoms with Crippen molar-refractivity contribution < 1.29 is 9.31 Å². The highest BCUT2D eigenvalue weighted by Gasteiger charge is 2.51. The molecular formula is C21H31BN2O2S. The summed E-state index contributed by atoms with van der Waals surface area (Å²) in [6.07, 6.45) is 1.17. The lowest BCUT2D eigenvalue weighted by Gasteiger charge is -2.42. The third-order valence-corrected chi connectivity index (χ3v) is 7.82. The Bertz CT molecular complexity index is 845. The number of fused-ring (bicyclic) bond motifs is 1. The van der Waals surface area contributed by atoms with Gasteiger partial charge < -0.3 is 14.2 Å². The quantitative estimate of drug-likeness (QED) is 0.730. The first-order valence-corrected chi connectivity index (χ1v) is 10.7. The van der Waals surface area contributed by atoms with Crippen molar-refractivity contribution in [2.45, 2.75) is 65.1 Å². The molecule has 27 heavy (non-hydrogen) atoms. The van der Waals surface area contributed by atoms with Gasteiger partial charge in [0.2, 0.25) is 0 Å². The molecule has 0 spiro atoms. The average Bonchev–Trinajstić information content (AvgIpc) is 3.03. The molecule has 1 aromatic heterocycles. The van der Waals surface area contributed by atoms with E-state index in [2.05, 4.69) is 71.7 Å². The Labute approximate surface area is 167 Å². The molecular weight excluding hydrogens is 355 g/mol. The van der Waals surface area contributed by atoms with Crippen LogP contribution in [0.5, 0.6) is 0 Å². The summed E-state index contributed by atoms with van der Waals surface area (Å²) in [5.74, 6) is 0.520. The second kappa shape index (κ2) is 6.28. The van der Waals surface area contributed by atoms with Gasteiger partial charge in [-0.25, -0.2) is 4.98 Å². The van der Waals surface area contributed by atoms with Gasteiger partial charge in [-0.15, -0.1) is 11.3 Å². The van der Waals surface area contributed by atoms with Crippen LogP contribution in [0.3, 0.4) is 0 Å². The third-order valence-electron chi connectivity index (χ3n) is 6.67. The number of hydrogen-bond donors (Lipinski definition) is 0. The SMILES string of the molecule is CN1CCC(c2nc3cc(B4OC(C)(C)C(C)(C)O4)ccc3s2)C(C)(C)C1. The van der Waals surface area contributed by atoms with Gasteiger partial charge in [-0.1, -0.05) is 19.9 Å². The van der Waals surface area contributed by atoms with E-state index in [1.54, 1.807) is 0 Å². The normalized spacial score (nSPS) is 27.4. The topological polar surface area (TPSA) is 34.6 Å². The molecule has 1 atom stereocenters. The third kappa shape index (κ3) is 3.35. The van der Waals surface area contributed by atoms with E-state index in [0.717, 1.165) is 24.1 Å². The van der Waals surface area contributed by atoms with Gasteiger partial charge in [0.1, 0.15) is 0 Å². The predicted octanol–water partition coefficient (Wildman–Crippen LogP) is 4.04. The van der Waals surface area contributed by atoms with Crippen LogP contribution < -0.4 is 5.46 Å². The van der Waals surface area contributed by atoms with Crippen LogP contribution in [0.4, 0.5) is 0 Å². The van der Waals surface area contributed by atoms with E-state index in [1.807, 2.05) is 11.3 Å². The first kappa shape index (κ1) is 19.4. The van der Waals surface area contributed by atoms with Crippen LogP contribution in [0, 0.1) is 5.41 Å². The highest BCUT2D eigenvalue weighted by atomic mass is 32.1. The fourth-order valence-corrected chi connectivity index (χ4v) is 5.61. The molecule has 2 aliphatic heterocycles. The van der Waals surface area contributed by atoms with Crippen molar-refractivity contribution in [2.75, 3.05) is 20.1 Å². The molecule has 0 saturated carbocycles. The lowest BCUT2D eigenvalue weighted by molar-refractivity contribution is 0.00578. The fourth-order valence-electron chi connectivity index (χ4n) is 4.32. The summed E-state index contributed by atoms with van der Waals surface area (Å²) in [6, 6.07) is 6.46. The Morgan fingerprint density at radius 3 is 2.41 bits per heavy atom. The summed E-state index contributed by atoms with van der Waals surface area (Å²) in [5, 5.41) is 1.27. The zero-order chi connectivity index (χ0) is 19.6. The summed E-state index contributed by atoms with van der Waals surface area (Å²) >= 11 is 1.85.